The van der Waals surface area contributed by atoms with Gasteiger partial charge >= 0.3 is 6.01 Å². The van der Waals surface area contributed by atoms with Crippen molar-refractivity contribution in [1.82, 2.24) is 34.6 Å². The molecular weight excluding hydrogens is 647 g/mol. The predicted molar refractivity (Wildman–Crippen MR) is 185 cm³/mol. The number of fused-ring (bicyclic) bond motifs is 3. The van der Waals surface area contributed by atoms with Gasteiger partial charge in [-0.05, 0) is 56.8 Å². The van der Waals surface area contributed by atoms with E-state index in [4.69, 9.17) is 15.5 Å². The molecule has 0 unspecified atom stereocenters. The van der Waals surface area contributed by atoms with Gasteiger partial charge in [0.15, 0.2) is 5.82 Å². The van der Waals surface area contributed by atoms with E-state index in [-0.39, 0.29) is 58.7 Å². The van der Waals surface area contributed by atoms with Crippen LogP contribution in [0.4, 0.5) is 24.8 Å². The van der Waals surface area contributed by atoms with Crippen molar-refractivity contribution in [3.63, 3.8) is 0 Å². The van der Waals surface area contributed by atoms with Gasteiger partial charge in [-0.2, -0.15) is 9.97 Å². The molecule has 0 radical (unpaired) electrons. The van der Waals surface area contributed by atoms with E-state index in [1.165, 1.54) is 18.3 Å². The number of hydrogen-bond donors (Lipinski definition) is 1. The van der Waals surface area contributed by atoms with Crippen LogP contribution in [0.2, 0.25) is 0 Å². The van der Waals surface area contributed by atoms with Crippen LogP contribution < -0.4 is 15.4 Å². The number of anilines is 2. The number of carbonyl (C=O) groups is 1. The summed E-state index contributed by atoms with van der Waals surface area (Å²) in [6, 6.07) is 6.11. The molecule has 0 spiro atoms. The van der Waals surface area contributed by atoms with Crippen molar-refractivity contribution in [3.05, 3.63) is 54.2 Å². The van der Waals surface area contributed by atoms with E-state index >= 15 is 8.78 Å². The number of carbonyl (C=O) groups excluding carboxylic acids is 1. The molecule has 0 aliphatic carbocycles. The van der Waals surface area contributed by atoms with Crippen LogP contribution in [0.3, 0.4) is 0 Å². The van der Waals surface area contributed by atoms with Crippen molar-refractivity contribution < 1.29 is 22.7 Å². The van der Waals surface area contributed by atoms with Crippen molar-refractivity contribution in [1.29, 1.82) is 0 Å². The number of amides is 1. The van der Waals surface area contributed by atoms with Gasteiger partial charge in [-0.15, -0.1) is 0 Å². The molecule has 7 heterocycles. The zero-order chi connectivity index (χ0) is 34.7. The lowest BCUT2D eigenvalue weighted by molar-refractivity contribution is -0.125. The lowest BCUT2D eigenvalue weighted by Crippen LogP contribution is -2.43. The molecule has 11 nitrogen and oxygen atoms in total. The van der Waals surface area contributed by atoms with Gasteiger partial charge in [0.1, 0.15) is 47.1 Å². The fourth-order valence-electron chi connectivity index (χ4n) is 8.14. The number of rotatable bonds is 8. The molecule has 1 aromatic carbocycles. The van der Waals surface area contributed by atoms with Gasteiger partial charge < -0.3 is 20.3 Å². The monoisotopic (exact) mass is 687 g/mol. The number of benzene rings is 1. The molecule has 2 N–H and O–H groups in total. The zero-order valence-corrected chi connectivity index (χ0v) is 28.2. The molecule has 4 aromatic rings. The molecule has 1 amide bonds. The van der Waals surface area contributed by atoms with Gasteiger partial charge in [0, 0.05) is 69.4 Å². The van der Waals surface area contributed by atoms with Gasteiger partial charge in [0.25, 0.3) is 0 Å². The van der Waals surface area contributed by atoms with E-state index in [1.807, 2.05) is 25.1 Å². The van der Waals surface area contributed by atoms with Crippen LogP contribution in [0.5, 0.6) is 6.01 Å². The fraction of sp³-hybridized carbons (Fsp3) is 0.472. The van der Waals surface area contributed by atoms with Gasteiger partial charge in [-0.3, -0.25) is 19.6 Å². The molecule has 0 bridgehead atoms. The topological polar surface area (TPSA) is 117 Å². The lowest BCUT2D eigenvalue weighted by atomic mass is 9.95. The Bertz CT molecular complexity index is 2010. The third-order valence-corrected chi connectivity index (χ3v) is 11.1. The summed E-state index contributed by atoms with van der Waals surface area (Å²) in [5.41, 5.74) is 5.26. The molecule has 50 heavy (non-hydrogen) atoms. The summed E-state index contributed by atoms with van der Waals surface area (Å²) >= 11 is 0. The quantitative estimate of drug-likeness (QED) is 0.268. The van der Waals surface area contributed by atoms with Crippen molar-refractivity contribution in [2.75, 3.05) is 64.1 Å². The Balaban J connectivity index is 1.16. The first kappa shape index (κ1) is 32.6. The summed E-state index contributed by atoms with van der Waals surface area (Å²) in [5, 5.41) is 0.864. The fourth-order valence-corrected chi connectivity index (χ4v) is 8.14. The second-order valence-corrected chi connectivity index (χ2v) is 14.1. The van der Waals surface area contributed by atoms with E-state index in [1.54, 1.807) is 23.1 Å². The Labute approximate surface area is 287 Å². The Hall–Kier alpha value is -4.56. The maximum Gasteiger partial charge on any atom is 0.319 e. The molecule has 0 saturated carbocycles. The number of nitrogen functional groups attached to an aromatic ring is 1. The standard InChI is InChI=1S/C36H40F3N9O2/c1-45-13-9-23(45)7-8-28(49)47-14-10-24(19-47)46(2)34-25-17-41-33(32-29-21(15-27(40)42-32)5-3-6-26(29)38)30(39)31(25)43-35(44-34)50-20-36-11-4-12-48(36)18-22(37)16-36/h3,5-8,15,17,22-24H,4,9-14,16,18-20H2,1-2H3,(H2,40,42)/b8-7+/t22-,23-,24-,36+/m1/s1. The van der Waals surface area contributed by atoms with Crippen molar-refractivity contribution >= 4 is 39.2 Å². The minimum absolute atomic E-state index is 0.0417. The first-order valence-electron chi connectivity index (χ1n) is 17.2. The molecule has 4 saturated heterocycles. The third kappa shape index (κ3) is 5.67. The van der Waals surface area contributed by atoms with Crippen LogP contribution in [0, 0.1) is 11.6 Å². The normalized spacial score (nSPS) is 25.5. The maximum atomic E-state index is 16.8. The minimum atomic E-state index is -0.942. The van der Waals surface area contributed by atoms with Crippen molar-refractivity contribution in [3.8, 4) is 17.4 Å². The van der Waals surface area contributed by atoms with E-state index in [2.05, 4.69) is 24.8 Å². The zero-order valence-electron chi connectivity index (χ0n) is 28.2. The highest BCUT2D eigenvalue weighted by Crippen LogP contribution is 2.41. The molecule has 8 rings (SSSR count). The largest absolute Gasteiger partial charge is 0.461 e. The number of alkyl halides is 1. The van der Waals surface area contributed by atoms with Crippen molar-refractivity contribution in [2.45, 2.75) is 55.9 Å². The molecular formula is C36H40F3N9O2. The first-order chi connectivity index (χ1) is 24.1. The molecule has 3 aromatic heterocycles. The highest BCUT2D eigenvalue weighted by molar-refractivity contribution is 5.99. The van der Waals surface area contributed by atoms with Crippen molar-refractivity contribution in [2.24, 2.45) is 0 Å². The highest BCUT2D eigenvalue weighted by atomic mass is 19.1. The van der Waals surface area contributed by atoms with Crippen LogP contribution in [-0.2, 0) is 4.79 Å². The van der Waals surface area contributed by atoms with Crippen LogP contribution in [0.15, 0.2) is 42.6 Å². The molecule has 4 fully saturated rings. The third-order valence-electron chi connectivity index (χ3n) is 11.1. The van der Waals surface area contributed by atoms with Gasteiger partial charge in [0.2, 0.25) is 5.91 Å². The Morgan fingerprint density at radius 1 is 1.14 bits per heavy atom. The van der Waals surface area contributed by atoms with Gasteiger partial charge in [-0.1, -0.05) is 18.2 Å². The van der Waals surface area contributed by atoms with E-state index in [0.29, 0.717) is 49.1 Å². The first-order valence-corrected chi connectivity index (χ1v) is 17.2. The van der Waals surface area contributed by atoms with Crippen LogP contribution >= 0.6 is 0 Å². The second kappa shape index (κ2) is 12.6. The average molecular weight is 688 g/mol. The Morgan fingerprint density at radius 2 is 2.00 bits per heavy atom. The summed E-state index contributed by atoms with van der Waals surface area (Å²) < 4.78 is 52.7. The average Bonchev–Trinajstić information content (AvgIpc) is 3.81. The number of aromatic nitrogens is 4. The van der Waals surface area contributed by atoms with Crippen LogP contribution in [0.1, 0.15) is 32.1 Å². The molecule has 262 valence electrons. The summed E-state index contributed by atoms with van der Waals surface area (Å²) in [7, 11) is 3.88. The molecule has 4 aliphatic rings. The second-order valence-electron chi connectivity index (χ2n) is 14.1. The minimum Gasteiger partial charge on any atom is -0.461 e. The predicted octanol–water partition coefficient (Wildman–Crippen LogP) is 4.35. The summed E-state index contributed by atoms with van der Waals surface area (Å²) in [4.78, 5) is 39.2. The number of nitrogens with two attached hydrogens (primary N) is 1. The smallest absolute Gasteiger partial charge is 0.319 e. The Morgan fingerprint density at radius 3 is 2.80 bits per heavy atom. The molecule has 14 heteroatoms. The summed E-state index contributed by atoms with van der Waals surface area (Å²) in [5.74, 6) is -0.999. The number of halogens is 3. The maximum absolute atomic E-state index is 16.8. The Kier molecular flexibility index (Phi) is 8.25. The van der Waals surface area contributed by atoms with Gasteiger partial charge in [-0.25, -0.2) is 18.2 Å². The summed E-state index contributed by atoms with van der Waals surface area (Å²) in [6.07, 6.45) is 7.92. The van der Waals surface area contributed by atoms with Crippen LogP contribution in [-0.4, -0.2) is 118 Å². The van der Waals surface area contributed by atoms with E-state index < -0.39 is 23.3 Å². The lowest BCUT2D eigenvalue weighted by Gasteiger charge is -2.35. The highest BCUT2D eigenvalue weighted by Gasteiger charge is 2.49. The molecule has 4 atom stereocenters. The van der Waals surface area contributed by atoms with Crippen LogP contribution in [0.25, 0.3) is 33.1 Å². The van der Waals surface area contributed by atoms with E-state index in [0.717, 1.165) is 32.4 Å². The molecule has 4 aliphatic heterocycles. The number of hydrogen-bond acceptors (Lipinski definition) is 10. The number of ether oxygens (including phenoxy) is 1. The SMILES string of the molecule is CN1CC[C@H]1/C=C/C(=O)N1CC[C@@H](N(C)c2nc(OC[C@@]34CCCN3C[C@H](F)C4)nc3c(F)c(-c4nc(N)cc5cccc(F)c45)ncc23)C1. The number of pyridine rings is 2. The number of likely N-dealkylation sites (tertiary alicyclic amines) is 2. The summed E-state index contributed by atoms with van der Waals surface area (Å²) in [6.45, 7) is 3.34. The number of nitrogens with zero attached hydrogens (tertiary/aromatic N) is 8. The number of likely N-dealkylation sites (N-methyl/N-ethyl adjacent to an activating group) is 2. The van der Waals surface area contributed by atoms with E-state index in [9.17, 15) is 9.18 Å². The van der Waals surface area contributed by atoms with Gasteiger partial charge in [0.05, 0.1) is 10.9 Å².